The van der Waals surface area contributed by atoms with E-state index in [0.717, 1.165) is 24.3 Å². The Labute approximate surface area is 138 Å². The van der Waals surface area contributed by atoms with Crippen molar-refractivity contribution in [2.75, 3.05) is 0 Å². The summed E-state index contributed by atoms with van der Waals surface area (Å²) < 4.78 is 45.8. The second kappa shape index (κ2) is 7.07. The molecule has 132 valence electrons. The van der Waals surface area contributed by atoms with E-state index in [2.05, 4.69) is 9.47 Å². The molecule has 0 bridgehead atoms. The van der Waals surface area contributed by atoms with Crippen LogP contribution in [-0.4, -0.2) is 22.5 Å². The minimum atomic E-state index is -4.92. The number of hydrogen-bond donors (Lipinski definition) is 1. The van der Waals surface area contributed by atoms with E-state index in [-0.39, 0.29) is 29.0 Å². The zero-order chi connectivity index (χ0) is 18.6. The Kier molecular flexibility index (Phi) is 5.11. The molecular weight excluding hydrogens is 347 g/mol. The van der Waals surface area contributed by atoms with Crippen LogP contribution in [0.15, 0.2) is 42.5 Å². The quantitative estimate of drug-likeness (QED) is 0.374. The lowest BCUT2D eigenvalue weighted by Gasteiger charge is -2.14. The van der Waals surface area contributed by atoms with Gasteiger partial charge in [-0.2, -0.15) is 0 Å². The average molecular weight is 357 g/mol. The number of rotatable bonds is 5. The first-order chi connectivity index (χ1) is 11.7. The molecule has 2 aromatic carbocycles. The summed E-state index contributed by atoms with van der Waals surface area (Å²) in [6.07, 6.45) is -6.84. The van der Waals surface area contributed by atoms with Gasteiger partial charge in [-0.05, 0) is 17.7 Å². The fourth-order valence-electron chi connectivity index (χ4n) is 2.09. The first-order valence-corrected chi connectivity index (χ1v) is 6.67. The highest BCUT2D eigenvalue weighted by atomic mass is 19.4. The van der Waals surface area contributed by atoms with Gasteiger partial charge in [-0.1, -0.05) is 18.2 Å². The van der Waals surface area contributed by atoms with Crippen molar-refractivity contribution < 1.29 is 37.5 Å². The lowest BCUT2D eigenvalue weighted by Crippen LogP contribution is -2.18. The van der Waals surface area contributed by atoms with Crippen LogP contribution in [0.4, 0.5) is 23.7 Å². The first-order valence-electron chi connectivity index (χ1n) is 6.67. The molecule has 0 fully saturated rings. The van der Waals surface area contributed by atoms with Crippen LogP contribution < -0.4 is 9.47 Å². The number of carboxylic acid groups (broad SMARTS) is 1. The SMILES string of the molecule is O=C(O)Oc1ccc([N+](=O)[O-])cc1Cc1ccccc1OC(F)(F)F. The number of nitrogens with zero attached hydrogens (tertiary/aromatic N) is 1. The molecule has 0 aliphatic rings. The zero-order valence-electron chi connectivity index (χ0n) is 12.3. The number of ether oxygens (including phenoxy) is 2. The van der Waals surface area contributed by atoms with Crippen LogP contribution in [0.5, 0.6) is 11.5 Å². The molecule has 2 aromatic rings. The Bertz CT molecular complexity index is 806. The first kappa shape index (κ1) is 18.0. The lowest BCUT2D eigenvalue weighted by atomic mass is 10.0. The minimum Gasteiger partial charge on any atom is -0.449 e. The highest BCUT2D eigenvalue weighted by molar-refractivity contribution is 5.63. The van der Waals surface area contributed by atoms with Crippen molar-refractivity contribution >= 4 is 11.8 Å². The van der Waals surface area contributed by atoms with E-state index < -0.39 is 23.2 Å². The monoisotopic (exact) mass is 357 g/mol. The van der Waals surface area contributed by atoms with Crippen molar-refractivity contribution in [2.45, 2.75) is 12.8 Å². The van der Waals surface area contributed by atoms with Crippen LogP contribution in [0.25, 0.3) is 0 Å². The van der Waals surface area contributed by atoms with Gasteiger partial charge in [0.05, 0.1) is 4.92 Å². The molecule has 0 saturated heterocycles. The molecule has 2 rings (SSSR count). The van der Waals surface area contributed by atoms with Crippen molar-refractivity contribution in [1.82, 2.24) is 0 Å². The lowest BCUT2D eigenvalue weighted by molar-refractivity contribution is -0.384. The van der Waals surface area contributed by atoms with Gasteiger partial charge >= 0.3 is 12.5 Å². The third-order valence-electron chi connectivity index (χ3n) is 3.03. The van der Waals surface area contributed by atoms with Crippen LogP contribution in [0.2, 0.25) is 0 Å². The average Bonchev–Trinajstić information content (AvgIpc) is 2.48. The normalized spacial score (nSPS) is 11.0. The number of hydrogen-bond acceptors (Lipinski definition) is 5. The van der Waals surface area contributed by atoms with Crippen molar-refractivity contribution in [3.63, 3.8) is 0 Å². The van der Waals surface area contributed by atoms with Gasteiger partial charge in [0.15, 0.2) is 0 Å². The summed E-state index contributed by atoms with van der Waals surface area (Å²) in [6, 6.07) is 8.31. The summed E-state index contributed by atoms with van der Waals surface area (Å²) >= 11 is 0. The summed E-state index contributed by atoms with van der Waals surface area (Å²) in [7, 11) is 0. The summed E-state index contributed by atoms with van der Waals surface area (Å²) in [6.45, 7) is 0. The van der Waals surface area contributed by atoms with E-state index in [0.29, 0.717) is 0 Å². The zero-order valence-corrected chi connectivity index (χ0v) is 12.3. The van der Waals surface area contributed by atoms with E-state index in [1.807, 2.05) is 0 Å². The summed E-state index contributed by atoms with van der Waals surface area (Å²) in [4.78, 5) is 20.9. The largest absolute Gasteiger partial charge is 0.573 e. The highest BCUT2D eigenvalue weighted by Gasteiger charge is 2.32. The molecule has 10 heteroatoms. The number of benzene rings is 2. The number of carbonyl (C=O) groups is 1. The topological polar surface area (TPSA) is 98.9 Å². The third-order valence-corrected chi connectivity index (χ3v) is 3.03. The summed E-state index contributed by atoms with van der Waals surface area (Å²) in [5.41, 5.74) is -0.285. The van der Waals surface area contributed by atoms with Gasteiger partial charge in [0.25, 0.3) is 5.69 Å². The number of non-ortho nitro benzene ring substituents is 1. The standard InChI is InChI=1S/C15H10F3NO6/c16-15(17,18)25-13-4-2-1-3-9(13)7-10-8-11(19(22)23)5-6-12(10)24-14(20)21/h1-6,8H,7H2,(H,20,21). The van der Waals surface area contributed by atoms with Crippen molar-refractivity contribution in [1.29, 1.82) is 0 Å². The second-order valence-electron chi connectivity index (χ2n) is 4.75. The molecule has 0 radical (unpaired) electrons. The molecular formula is C15H10F3NO6. The molecule has 7 nitrogen and oxygen atoms in total. The fraction of sp³-hybridized carbons (Fsp3) is 0.133. The predicted molar refractivity (Wildman–Crippen MR) is 77.7 cm³/mol. The van der Waals surface area contributed by atoms with Gasteiger partial charge in [0.2, 0.25) is 0 Å². The van der Waals surface area contributed by atoms with E-state index in [4.69, 9.17) is 5.11 Å². The van der Waals surface area contributed by atoms with E-state index in [1.54, 1.807) is 0 Å². The van der Waals surface area contributed by atoms with Crippen LogP contribution in [0.3, 0.4) is 0 Å². The van der Waals surface area contributed by atoms with Gasteiger partial charge in [-0.3, -0.25) is 10.1 Å². The highest BCUT2D eigenvalue weighted by Crippen LogP contribution is 2.32. The Balaban J connectivity index is 2.43. The smallest absolute Gasteiger partial charge is 0.449 e. The second-order valence-corrected chi connectivity index (χ2v) is 4.75. The van der Waals surface area contributed by atoms with Gasteiger partial charge in [0, 0.05) is 24.1 Å². The molecule has 0 aliphatic heterocycles. The van der Waals surface area contributed by atoms with Crippen LogP contribution >= 0.6 is 0 Å². The summed E-state index contributed by atoms with van der Waals surface area (Å²) in [5, 5.41) is 19.6. The molecule has 0 aromatic heterocycles. The number of nitro benzene ring substituents is 1. The van der Waals surface area contributed by atoms with Gasteiger partial charge in [0.1, 0.15) is 11.5 Å². The summed E-state index contributed by atoms with van der Waals surface area (Å²) in [5.74, 6) is -0.720. The van der Waals surface area contributed by atoms with Crippen LogP contribution in [0.1, 0.15) is 11.1 Å². The Hall–Kier alpha value is -3.30. The molecule has 0 saturated carbocycles. The molecule has 0 heterocycles. The molecule has 0 atom stereocenters. The minimum absolute atomic E-state index is 0.0230. The molecule has 0 amide bonds. The maximum Gasteiger partial charge on any atom is 0.573 e. The van der Waals surface area contributed by atoms with Crippen molar-refractivity contribution in [3.05, 3.63) is 63.7 Å². The molecule has 0 spiro atoms. The maximum atomic E-state index is 12.5. The van der Waals surface area contributed by atoms with Gasteiger partial charge in [-0.25, -0.2) is 4.79 Å². The van der Waals surface area contributed by atoms with E-state index in [1.165, 1.54) is 18.2 Å². The Morgan fingerprint density at radius 2 is 1.80 bits per heavy atom. The Morgan fingerprint density at radius 3 is 2.40 bits per heavy atom. The number of alkyl halides is 3. The third kappa shape index (κ3) is 5.09. The van der Waals surface area contributed by atoms with Crippen LogP contribution in [0, 0.1) is 10.1 Å². The van der Waals surface area contributed by atoms with E-state index in [9.17, 15) is 28.1 Å². The Morgan fingerprint density at radius 1 is 1.12 bits per heavy atom. The molecule has 25 heavy (non-hydrogen) atoms. The van der Waals surface area contributed by atoms with Crippen molar-refractivity contribution in [3.8, 4) is 11.5 Å². The molecule has 0 unspecified atom stereocenters. The van der Waals surface area contributed by atoms with Gasteiger partial charge < -0.3 is 14.6 Å². The fourth-order valence-corrected chi connectivity index (χ4v) is 2.09. The molecule has 0 aliphatic carbocycles. The van der Waals surface area contributed by atoms with E-state index >= 15 is 0 Å². The van der Waals surface area contributed by atoms with Crippen molar-refractivity contribution in [2.24, 2.45) is 0 Å². The number of halogens is 3. The molecule has 1 N–H and O–H groups in total. The van der Waals surface area contributed by atoms with Gasteiger partial charge in [-0.15, -0.1) is 13.2 Å². The number of para-hydroxylation sites is 1. The predicted octanol–water partition coefficient (Wildman–Crippen LogP) is 4.14. The van der Waals surface area contributed by atoms with Crippen LogP contribution in [-0.2, 0) is 6.42 Å². The maximum absolute atomic E-state index is 12.5. The number of nitro groups is 1.